The third-order valence-corrected chi connectivity index (χ3v) is 3.40. The molecule has 1 aliphatic rings. The van der Waals surface area contributed by atoms with Gasteiger partial charge in [-0.1, -0.05) is 0 Å². The highest BCUT2D eigenvalue weighted by Gasteiger charge is 2.21. The lowest BCUT2D eigenvalue weighted by molar-refractivity contribution is 0.412. The molecular weight excluding hydrogens is 219 g/mol. The number of methoxy groups -OCH3 is 1. The molecule has 1 atom stereocenters. The minimum atomic E-state index is -0.249. The van der Waals surface area contributed by atoms with E-state index < -0.39 is 0 Å². The van der Waals surface area contributed by atoms with Crippen molar-refractivity contribution in [3.8, 4) is 5.75 Å². The highest BCUT2D eigenvalue weighted by molar-refractivity contribution is 5.86. The van der Waals surface area contributed by atoms with Crippen molar-refractivity contribution >= 4 is 10.9 Å². The van der Waals surface area contributed by atoms with Crippen molar-refractivity contribution in [2.75, 3.05) is 7.11 Å². The van der Waals surface area contributed by atoms with E-state index in [0.717, 1.165) is 29.6 Å². The van der Waals surface area contributed by atoms with Crippen molar-refractivity contribution in [3.63, 3.8) is 0 Å². The maximum Gasteiger partial charge on any atom is 0.150 e. The fourth-order valence-corrected chi connectivity index (χ4v) is 2.48. The van der Waals surface area contributed by atoms with Crippen LogP contribution < -0.4 is 10.1 Å². The van der Waals surface area contributed by atoms with Crippen LogP contribution in [0.1, 0.15) is 18.2 Å². The Morgan fingerprint density at radius 3 is 3.00 bits per heavy atom. The van der Waals surface area contributed by atoms with Crippen LogP contribution in [0.4, 0.5) is 4.39 Å². The molecule has 1 aromatic carbocycles. The molecule has 1 aromatic heterocycles. The Bertz CT molecular complexity index is 576. The summed E-state index contributed by atoms with van der Waals surface area (Å²) in [6.07, 6.45) is 0.909. The molecule has 2 N–H and O–H groups in total. The largest absolute Gasteiger partial charge is 0.497 e. The van der Waals surface area contributed by atoms with Crippen LogP contribution >= 0.6 is 0 Å². The Morgan fingerprint density at radius 2 is 2.24 bits per heavy atom. The SMILES string of the molecule is COc1cc(F)c2[nH]c3c(c2c1)CNC(C)C3. The molecule has 1 unspecified atom stereocenters. The second-order valence-corrected chi connectivity index (χ2v) is 4.60. The number of H-pyrrole nitrogens is 1. The lowest BCUT2D eigenvalue weighted by atomic mass is 10.0. The summed E-state index contributed by atoms with van der Waals surface area (Å²) in [4.78, 5) is 3.20. The first-order chi connectivity index (χ1) is 8.19. The first-order valence-electron chi connectivity index (χ1n) is 5.79. The van der Waals surface area contributed by atoms with Crippen LogP contribution in [0.25, 0.3) is 10.9 Å². The van der Waals surface area contributed by atoms with Crippen molar-refractivity contribution in [2.45, 2.75) is 25.9 Å². The van der Waals surface area contributed by atoms with Crippen molar-refractivity contribution in [3.05, 3.63) is 29.2 Å². The summed E-state index contributed by atoms with van der Waals surface area (Å²) in [6, 6.07) is 3.74. The average Bonchev–Trinajstić information content (AvgIpc) is 2.67. The number of nitrogens with one attached hydrogen (secondary N) is 2. The molecule has 4 heteroatoms. The quantitative estimate of drug-likeness (QED) is 0.794. The third kappa shape index (κ3) is 1.60. The minimum Gasteiger partial charge on any atom is -0.497 e. The molecular formula is C13H15FN2O. The number of aromatic nitrogens is 1. The fourth-order valence-electron chi connectivity index (χ4n) is 2.48. The Hall–Kier alpha value is -1.55. The number of benzene rings is 1. The number of halogens is 1. The molecule has 3 rings (SSSR count). The molecule has 0 amide bonds. The predicted molar refractivity (Wildman–Crippen MR) is 64.8 cm³/mol. The van der Waals surface area contributed by atoms with Gasteiger partial charge in [-0.3, -0.25) is 0 Å². The molecule has 17 heavy (non-hydrogen) atoms. The molecule has 0 saturated carbocycles. The van der Waals surface area contributed by atoms with E-state index in [9.17, 15) is 4.39 Å². The van der Waals surface area contributed by atoms with Gasteiger partial charge in [0.15, 0.2) is 5.82 Å². The minimum absolute atomic E-state index is 0.249. The summed E-state index contributed by atoms with van der Waals surface area (Å²) in [5, 5.41) is 4.32. The maximum atomic E-state index is 13.9. The normalized spacial score (nSPS) is 19.4. The van der Waals surface area contributed by atoms with Crippen LogP contribution in [-0.2, 0) is 13.0 Å². The van der Waals surface area contributed by atoms with E-state index in [2.05, 4.69) is 17.2 Å². The van der Waals surface area contributed by atoms with Gasteiger partial charge in [0.25, 0.3) is 0 Å². The van der Waals surface area contributed by atoms with Gasteiger partial charge in [0.2, 0.25) is 0 Å². The summed E-state index contributed by atoms with van der Waals surface area (Å²) in [5.41, 5.74) is 2.89. The zero-order valence-electron chi connectivity index (χ0n) is 9.93. The first-order valence-corrected chi connectivity index (χ1v) is 5.79. The Kier molecular flexibility index (Phi) is 2.33. The lowest BCUT2D eigenvalue weighted by Gasteiger charge is -2.20. The van der Waals surface area contributed by atoms with E-state index in [1.807, 2.05) is 6.07 Å². The van der Waals surface area contributed by atoms with Gasteiger partial charge in [-0.15, -0.1) is 0 Å². The molecule has 1 aliphatic heterocycles. The fraction of sp³-hybridized carbons (Fsp3) is 0.385. The summed E-state index contributed by atoms with van der Waals surface area (Å²) in [5.74, 6) is 0.317. The van der Waals surface area contributed by atoms with Crippen LogP contribution in [-0.4, -0.2) is 18.1 Å². The van der Waals surface area contributed by atoms with Gasteiger partial charge in [-0.25, -0.2) is 4.39 Å². The van der Waals surface area contributed by atoms with E-state index in [1.54, 1.807) is 7.11 Å². The topological polar surface area (TPSA) is 37.0 Å². The van der Waals surface area contributed by atoms with Crippen LogP contribution in [0.5, 0.6) is 5.75 Å². The monoisotopic (exact) mass is 234 g/mol. The zero-order chi connectivity index (χ0) is 12.0. The standard InChI is InChI=1S/C13H15FN2O/c1-7-3-12-10(6-15-7)9-4-8(17-2)5-11(14)13(9)16-12/h4-5,7,15-16H,3,6H2,1-2H3. The molecule has 90 valence electrons. The summed E-state index contributed by atoms with van der Waals surface area (Å²) >= 11 is 0. The van der Waals surface area contributed by atoms with Gasteiger partial charge >= 0.3 is 0 Å². The van der Waals surface area contributed by atoms with Crippen LogP contribution in [0.2, 0.25) is 0 Å². The number of hydrogen-bond donors (Lipinski definition) is 2. The maximum absolute atomic E-state index is 13.9. The molecule has 0 fully saturated rings. The Balaban J connectivity index is 2.24. The van der Waals surface area contributed by atoms with Gasteiger partial charge in [-0.2, -0.15) is 0 Å². The smallest absolute Gasteiger partial charge is 0.150 e. The summed E-state index contributed by atoms with van der Waals surface area (Å²) in [7, 11) is 1.56. The van der Waals surface area contributed by atoms with Crippen molar-refractivity contribution in [1.82, 2.24) is 10.3 Å². The van der Waals surface area contributed by atoms with E-state index in [4.69, 9.17) is 4.74 Å². The second-order valence-electron chi connectivity index (χ2n) is 4.60. The highest BCUT2D eigenvalue weighted by atomic mass is 19.1. The van der Waals surface area contributed by atoms with Crippen molar-refractivity contribution < 1.29 is 9.13 Å². The lowest BCUT2D eigenvalue weighted by Crippen LogP contribution is -2.32. The molecule has 0 bridgehead atoms. The van der Waals surface area contributed by atoms with Crippen LogP contribution in [0.15, 0.2) is 12.1 Å². The number of aromatic amines is 1. The number of fused-ring (bicyclic) bond motifs is 3. The summed E-state index contributed by atoms with van der Waals surface area (Å²) in [6.45, 7) is 2.91. The van der Waals surface area contributed by atoms with Crippen LogP contribution in [0.3, 0.4) is 0 Å². The molecule has 3 nitrogen and oxygen atoms in total. The number of hydrogen-bond acceptors (Lipinski definition) is 2. The van der Waals surface area contributed by atoms with Crippen molar-refractivity contribution in [2.24, 2.45) is 0 Å². The molecule has 2 aromatic rings. The molecule has 0 saturated heterocycles. The molecule has 0 spiro atoms. The van der Waals surface area contributed by atoms with Crippen molar-refractivity contribution in [1.29, 1.82) is 0 Å². The Labute approximate surface area is 99.0 Å². The molecule has 0 aliphatic carbocycles. The molecule has 2 heterocycles. The van der Waals surface area contributed by atoms with E-state index in [-0.39, 0.29) is 5.82 Å². The second kappa shape index (κ2) is 3.74. The zero-order valence-corrected chi connectivity index (χ0v) is 9.93. The Morgan fingerprint density at radius 1 is 1.41 bits per heavy atom. The summed E-state index contributed by atoms with van der Waals surface area (Å²) < 4.78 is 19.0. The van der Waals surface area contributed by atoms with E-state index in [1.165, 1.54) is 6.07 Å². The van der Waals surface area contributed by atoms with Gasteiger partial charge in [0, 0.05) is 36.2 Å². The third-order valence-electron chi connectivity index (χ3n) is 3.40. The highest BCUT2D eigenvalue weighted by Crippen LogP contribution is 2.31. The predicted octanol–water partition coefficient (Wildman–Crippen LogP) is 2.35. The number of rotatable bonds is 1. The van der Waals surface area contributed by atoms with E-state index >= 15 is 0 Å². The van der Waals surface area contributed by atoms with Gasteiger partial charge in [0.05, 0.1) is 12.6 Å². The molecule has 0 radical (unpaired) electrons. The van der Waals surface area contributed by atoms with Crippen LogP contribution in [0, 0.1) is 5.82 Å². The van der Waals surface area contributed by atoms with Gasteiger partial charge < -0.3 is 15.0 Å². The average molecular weight is 234 g/mol. The first kappa shape index (κ1) is 10.6. The number of ether oxygens (including phenoxy) is 1. The van der Waals surface area contributed by atoms with Gasteiger partial charge in [-0.05, 0) is 18.6 Å². The van der Waals surface area contributed by atoms with E-state index in [0.29, 0.717) is 17.3 Å². The van der Waals surface area contributed by atoms with Gasteiger partial charge in [0.1, 0.15) is 5.75 Å².